The van der Waals surface area contributed by atoms with Gasteiger partial charge in [-0.15, -0.1) is 0 Å². The molecule has 0 aromatic heterocycles. The van der Waals surface area contributed by atoms with Crippen LogP contribution in [0.2, 0.25) is 0 Å². The minimum Gasteiger partial charge on any atom is -0.507 e. The van der Waals surface area contributed by atoms with Crippen LogP contribution in [0.3, 0.4) is 0 Å². The average Bonchev–Trinajstić information content (AvgIpc) is 3.40. The van der Waals surface area contributed by atoms with Gasteiger partial charge in [0.15, 0.2) is 0 Å². The van der Waals surface area contributed by atoms with Crippen molar-refractivity contribution in [1.82, 2.24) is 9.80 Å². The second-order valence-electron chi connectivity index (χ2n) is 14.1. The van der Waals surface area contributed by atoms with E-state index < -0.39 is 16.7 Å². The maximum absolute atomic E-state index is 12.8. The number of hydrogen-bond acceptors (Lipinski definition) is 5. The number of nitrogens with zero attached hydrogens (tertiary/aromatic N) is 2. The van der Waals surface area contributed by atoms with E-state index >= 15 is 0 Å². The van der Waals surface area contributed by atoms with Crippen LogP contribution in [0, 0.1) is 13.8 Å². The van der Waals surface area contributed by atoms with Gasteiger partial charge in [0.25, 0.3) is 0 Å². The summed E-state index contributed by atoms with van der Waals surface area (Å²) in [6.45, 7) is 9.04. The van der Waals surface area contributed by atoms with Crippen LogP contribution in [-0.2, 0) is 63.2 Å². The Morgan fingerprint density at radius 3 is 1.58 bits per heavy atom. The van der Waals surface area contributed by atoms with E-state index in [2.05, 4.69) is 35.8 Å². The number of aryl methyl sites for hydroxylation is 1. The number of rotatable bonds is 10. The van der Waals surface area contributed by atoms with E-state index in [1.54, 1.807) is 6.92 Å². The summed E-state index contributed by atoms with van der Waals surface area (Å²) in [5.74, 6) is 0.318. The number of phenols is 1. The van der Waals surface area contributed by atoms with Crippen molar-refractivity contribution in [3.63, 3.8) is 0 Å². The molecular formula is C45H49N2O3Zn2+. The van der Waals surface area contributed by atoms with Crippen LogP contribution in [-0.4, -0.2) is 49.3 Å². The third kappa shape index (κ3) is 6.68. The van der Waals surface area contributed by atoms with E-state index in [0.29, 0.717) is 18.8 Å². The minimum atomic E-state index is -1.19. The van der Waals surface area contributed by atoms with Crippen LogP contribution < -0.4 is 0 Å². The molecule has 3 aliphatic rings. The van der Waals surface area contributed by atoms with Crippen LogP contribution in [0.5, 0.6) is 5.75 Å². The molecule has 52 heavy (non-hydrogen) atoms. The molecule has 2 saturated heterocycles. The Morgan fingerprint density at radius 1 is 0.692 bits per heavy atom. The molecule has 0 bridgehead atoms. The van der Waals surface area contributed by atoms with E-state index in [0.717, 1.165) is 71.2 Å². The second kappa shape index (κ2) is 16.6. The molecule has 5 aromatic carbocycles. The monoisotopic (exact) mass is 793 g/mol. The molecule has 0 amide bonds. The summed E-state index contributed by atoms with van der Waals surface area (Å²) in [5.41, 5.74) is 3.67. The first-order chi connectivity index (χ1) is 24.4. The van der Waals surface area contributed by atoms with Crippen molar-refractivity contribution >= 4 is 0 Å². The average molecular weight is 797 g/mol. The maximum atomic E-state index is 12.8. The molecule has 5 nitrogen and oxygen atoms in total. The number of fused-ring (bicyclic) bond motifs is 1. The fraction of sp³-hybridized carbons (Fsp3) is 0.311. The smallest absolute Gasteiger partial charge is 0.507 e. The Labute approximate surface area is 335 Å². The van der Waals surface area contributed by atoms with Crippen molar-refractivity contribution in [2.75, 3.05) is 6.54 Å². The maximum Gasteiger partial charge on any atom is 2.00 e. The van der Waals surface area contributed by atoms with Gasteiger partial charge in [0, 0.05) is 55.8 Å². The summed E-state index contributed by atoms with van der Waals surface area (Å²) in [6, 6.07) is 44.4. The van der Waals surface area contributed by atoms with Crippen molar-refractivity contribution in [1.29, 1.82) is 0 Å². The molecule has 8 rings (SSSR count). The fourth-order valence-electron chi connectivity index (χ4n) is 9.21. The van der Waals surface area contributed by atoms with Gasteiger partial charge in [0.05, 0.1) is 5.54 Å². The first kappa shape index (κ1) is 40.2. The molecule has 5 aromatic rings. The number of phenolic OH excluding ortho intramolecular Hbond substituents is 1. The standard InChI is InChI=1S/C43H44N2O3.C2H5.2Zn/c1-31-27-32(29-44-26-14-23-39(44)42(47,34-15-6-2-7-16-34)35-17-8-3-9-18-35)40(46)33(28-31)30-45-38-24-25-41(38,45)43(48,36-19-10-4-11-20-36)37-21-12-5-13-22-37;1-2;;/h2-13,15-22,27-28,38-39,46-48H,14,23-26,29-30H2,1H3;1H2,2H3;;/q;-1;;+2. The van der Waals surface area contributed by atoms with Crippen LogP contribution >= 0.6 is 0 Å². The molecule has 0 radical (unpaired) electrons. The van der Waals surface area contributed by atoms with Gasteiger partial charge in [-0.2, -0.15) is 6.92 Å². The third-order valence-corrected chi connectivity index (χ3v) is 11.6. The predicted molar refractivity (Wildman–Crippen MR) is 200 cm³/mol. The van der Waals surface area contributed by atoms with E-state index in [1.807, 2.05) is 121 Å². The van der Waals surface area contributed by atoms with Gasteiger partial charge in [-0.1, -0.05) is 139 Å². The Bertz CT molecular complexity index is 1790. The molecule has 4 atom stereocenters. The molecule has 4 unspecified atom stereocenters. The zero-order valence-corrected chi connectivity index (χ0v) is 36.6. The van der Waals surface area contributed by atoms with Crippen LogP contribution in [0.1, 0.15) is 71.6 Å². The number of hydrogen-bond donors (Lipinski definition) is 3. The normalized spacial score (nSPS) is 22.1. The second-order valence-corrected chi connectivity index (χ2v) is 14.1. The zero-order valence-electron chi connectivity index (χ0n) is 30.7. The Morgan fingerprint density at radius 2 is 1.13 bits per heavy atom. The molecular weight excluding hydrogens is 747 g/mol. The Hall–Kier alpha value is -3.01. The molecule has 3 N–H and O–H groups in total. The molecule has 1 aliphatic carbocycles. The van der Waals surface area contributed by atoms with Gasteiger partial charge in [0.1, 0.15) is 17.0 Å². The van der Waals surface area contributed by atoms with Gasteiger partial charge >= 0.3 is 19.5 Å². The van der Waals surface area contributed by atoms with Crippen LogP contribution in [0.15, 0.2) is 133 Å². The number of benzene rings is 5. The molecule has 1 saturated carbocycles. The summed E-state index contributed by atoms with van der Waals surface area (Å²) in [4.78, 5) is 4.76. The predicted octanol–water partition coefficient (Wildman–Crippen LogP) is 8.09. The third-order valence-electron chi connectivity index (χ3n) is 11.6. The topological polar surface area (TPSA) is 66.9 Å². The van der Waals surface area contributed by atoms with Crippen molar-refractivity contribution < 1.29 is 54.3 Å². The fourth-order valence-corrected chi connectivity index (χ4v) is 9.21. The first-order valence-electron chi connectivity index (χ1n) is 18.1. The van der Waals surface area contributed by atoms with E-state index in [4.69, 9.17) is 0 Å². The zero-order chi connectivity index (χ0) is 34.9. The van der Waals surface area contributed by atoms with Crippen molar-refractivity contribution in [3.05, 3.63) is 179 Å². The summed E-state index contributed by atoms with van der Waals surface area (Å²) >= 11 is 0. The first-order valence-corrected chi connectivity index (χ1v) is 18.1. The molecule has 260 valence electrons. The number of likely N-dealkylation sites (tertiary alicyclic amines) is 2. The largest absolute Gasteiger partial charge is 2.00 e. The van der Waals surface area contributed by atoms with Gasteiger partial charge in [0.2, 0.25) is 0 Å². The van der Waals surface area contributed by atoms with E-state index in [-0.39, 0.29) is 51.0 Å². The minimum absolute atomic E-state index is 0. The molecule has 0 spiro atoms. The molecule has 2 heterocycles. The summed E-state index contributed by atoms with van der Waals surface area (Å²) in [5, 5.41) is 37.3. The number of aliphatic hydroxyl groups is 2. The molecule has 3 fully saturated rings. The van der Waals surface area contributed by atoms with Gasteiger partial charge in [-0.25, -0.2) is 0 Å². The Balaban J connectivity index is 0.00000129. The van der Waals surface area contributed by atoms with Crippen molar-refractivity contribution in [2.45, 2.75) is 81.4 Å². The van der Waals surface area contributed by atoms with Crippen molar-refractivity contribution in [3.8, 4) is 5.75 Å². The molecule has 7 heteroatoms. The molecule has 2 aliphatic heterocycles. The van der Waals surface area contributed by atoms with Gasteiger partial charge in [-0.3, -0.25) is 9.80 Å². The quantitative estimate of drug-likeness (QED) is 0.0759. The van der Waals surface area contributed by atoms with Gasteiger partial charge in [-0.05, 0) is 61.4 Å². The SMILES string of the molecule is Cc1cc(CN2CCCC2C(O)(c2ccccc2)c2ccccc2)c(O)c(CN2C3CCC32C(O)(c2ccccc2)c2ccccc2)c1.[CH2-]C.[Zn+2].[Zn]. The van der Waals surface area contributed by atoms with E-state index in [1.165, 1.54) is 0 Å². The summed E-state index contributed by atoms with van der Waals surface area (Å²) in [7, 11) is 0. The Kier molecular flexibility index (Phi) is 12.8. The van der Waals surface area contributed by atoms with Crippen molar-refractivity contribution in [2.24, 2.45) is 0 Å². The number of aromatic hydroxyl groups is 1. The van der Waals surface area contributed by atoms with E-state index in [9.17, 15) is 15.3 Å². The van der Waals surface area contributed by atoms with Gasteiger partial charge < -0.3 is 22.2 Å². The summed E-state index contributed by atoms with van der Waals surface area (Å²) < 4.78 is 0. The van der Waals surface area contributed by atoms with Crippen LogP contribution in [0.4, 0.5) is 0 Å². The summed E-state index contributed by atoms with van der Waals surface area (Å²) in [6.07, 6.45) is 3.75. The van der Waals surface area contributed by atoms with Crippen LogP contribution in [0.25, 0.3) is 0 Å².